The molecule has 130 valence electrons. The van der Waals surface area contributed by atoms with Crippen molar-refractivity contribution < 1.29 is 14.4 Å². The molecule has 3 rings (SSSR count). The highest BCUT2D eigenvalue weighted by atomic mass is 16.2. The van der Waals surface area contributed by atoms with E-state index in [4.69, 9.17) is 0 Å². The second-order valence-corrected chi connectivity index (χ2v) is 6.39. The van der Waals surface area contributed by atoms with Gasteiger partial charge in [0, 0.05) is 25.9 Å². The van der Waals surface area contributed by atoms with Crippen LogP contribution in [0.3, 0.4) is 0 Å². The Labute approximate surface area is 147 Å². The summed E-state index contributed by atoms with van der Waals surface area (Å²) in [5, 5.41) is 5.16. The Kier molecular flexibility index (Phi) is 5.43. The molecule has 5 nitrogen and oxygen atoms in total. The maximum Gasteiger partial charge on any atom is 0.223 e. The van der Waals surface area contributed by atoms with Crippen LogP contribution in [-0.2, 0) is 20.9 Å². The summed E-state index contributed by atoms with van der Waals surface area (Å²) >= 11 is 0. The number of nitrogens with zero attached hydrogens (tertiary/aromatic N) is 1. The Morgan fingerprint density at radius 3 is 2.72 bits per heavy atom. The van der Waals surface area contributed by atoms with Gasteiger partial charge in [0.25, 0.3) is 0 Å². The van der Waals surface area contributed by atoms with Crippen molar-refractivity contribution in [3.63, 3.8) is 0 Å². The normalized spacial score (nSPS) is 16.8. The quantitative estimate of drug-likeness (QED) is 0.823. The molecule has 1 atom stereocenters. The van der Waals surface area contributed by atoms with Crippen molar-refractivity contribution in [2.24, 2.45) is 0 Å². The molecule has 5 heteroatoms. The van der Waals surface area contributed by atoms with Crippen LogP contribution >= 0.6 is 0 Å². The first-order chi connectivity index (χ1) is 12.2. The molecule has 2 aromatic carbocycles. The lowest BCUT2D eigenvalue weighted by molar-refractivity contribution is -0.136. The first-order valence-corrected chi connectivity index (χ1v) is 8.66. The number of rotatable bonds is 6. The fourth-order valence-electron chi connectivity index (χ4n) is 3.25. The number of fused-ring (bicyclic) bond motifs is 1. The van der Waals surface area contributed by atoms with Gasteiger partial charge in [0.05, 0.1) is 6.04 Å². The standard InChI is InChI=1S/C20H22N2O3/c23-14-18-6-3-11-22(18)20(25)10-9-19(24)21-13-15-7-8-16-4-1-2-5-17(16)12-15/h1-2,4-5,7-8,12,14,18H,3,6,9-11,13H2,(H,21,24)/t18-/m0/s1. The van der Waals surface area contributed by atoms with Gasteiger partial charge in [-0.25, -0.2) is 0 Å². The second-order valence-electron chi connectivity index (χ2n) is 6.39. The zero-order valence-electron chi connectivity index (χ0n) is 14.1. The summed E-state index contributed by atoms with van der Waals surface area (Å²) in [6.45, 7) is 1.06. The molecule has 1 fully saturated rings. The molecule has 1 heterocycles. The number of aldehydes is 1. The molecule has 0 saturated carbocycles. The zero-order valence-corrected chi connectivity index (χ0v) is 14.1. The molecule has 0 aliphatic carbocycles. The van der Waals surface area contributed by atoms with Crippen LogP contribution < -0.4 is 5.32 Å². The molecule has 0 bridgehead atoms. The van der Waals surface area contributed by atoms with Gasteiger partial charge in [-0.1, -0.05) is 36.4 Å². The lowest BCUT2D eigenvalue weighted by Crippen LogP contribution is -2.37. The van der Waals surface area contributed by atoms with Crippen LogP contribution in [-0.4, -0.2) is 35.6 Å². The van der Waals surface area contributed by atoms with Crippen LogP contribution in [0.2, 0.25) is 0 Å². The summed E-state index contributed by atoms with van der Waals surface area (Å²) in [6, 6.07) is 13.8. The molecular formula is C20H22N2O3. The third-order valence-corrected chi connectivity index (χ3v) is 4.65. The molecular weight excluding hydrogens is 316 g/mol. The van der Waals surface area contributed by atoms with Crippen molar-refractivity contribution in [1.82, 2.24) is 10.2 Å². The second kappa shape index (κ2) is 7.92. The minimum atomic E-state index is -0.312. The van der Waals surface area contributed by atoms with Crippen LogP contribution in [0.5, 0.6) is 0 Å². The molecule has 0 radical (unpaired) electrons. The van der Waals surface area contributed by atoms with E-state index in [9.17, 15) is 14.4 Å². The Balaban J connectivity index is 1.47. The minimum Gasteiger partial charge on any atom is -0.352 e. The molecule has 1 aliphatic rings. The molecule has 0 unspecified atom stereocenters. The molecule has 1 aliphatic heterocycles. The van der Waals surface area contributed by atoms with Crippen molar-refractivity contribution in [2.45, 2.75) is 38.3 Å². The van der Waals surface area contributed by atoms with Gasteiger partial charge >= 0.3 is 0 Å². The number of likely N-dealkylation sites (tertiary alicyclic amines) is 1. The van der Waals surface area contributed by atoms with Crippen molar-refractivity contribution in [3.05, 3.63) is 48.0 Å². The summed E-state index contributed by atoms with van der Waals surface area (Å²) < 4.78 is 0. The molecule has 2 amide bonds. The third-order valence-electron chi connectivity index (χ3n) is 4.65. The number of carbonyl (C=O) groups excluding carboxylic acids is 3. The average molecular weight is 338 g/mol. The van der Waals surface area contributed by atoms with E-state index in [1.807, 2.05) is 36.4 Å². The van der Waals surface area contributed by atoms with Crippen LogP contribution in [0.15, 0.2) is 42.5 Å². The predicted octanol–water partition coefficient (Wildman–Crippen LogP) is 2.43. The van der Waals surface area contributed by atoms with E-state index in [0.717, 1.165) is 30.1 Å². The summed E-state index contributed by atoms with van der Waals surface area (Å²) in [7, 11) is 0. The SMILES string of the molecule is O=C[C@@H]1CCCN1C(=O)CCC(=O)NCc1ccc2ccccc2c1. The van der Waals surface area contributed by atoms with Crippen molar-refractivity contribution in [2.75, 3.05) is 6.54 Å². The van der Waals surface area contributed by atoms with Crippen molar-refractivity contribution in [1.29, 1.82) is 0 Å². The highest BCUT2D eigenvalue weighted by Crippen LogP contribution is 2.17. The lowest BCUT2D eigenvalue weighted by atomic mass is 10.1. The number of carbonyl (C=O) groups is 3. The molecule has 25 heavy (non-hydrogen) atoms. The van der Waals surface area contributed by atoms with E-state index in [1.54, 1.807) is 4.90 Å². The van der Waals surface area contributed by atoms with Crippen LogP contribution in [0.25, 0.3) is 10.8 Å². The predicted molar refractivity (Wildman–Crippen MR) is 95.8 cm³/mol. The van der Waals surface area contributed by atoms with Gasteiger partial charge in [0.1, 0.15) is 6.29 Å². The average Bonchev–Trinajstić information content (AvgIpc) is 3.13. The van der Waals surface area contributed by atoms with Gasteiger partial charge in [-0.2, -0.15) is 0 Å². The van der Waals surface area contributed by atoms with Crippen molar-refractivity contribution in [3.8, 4) is 0 Å². The molecule has 2 aromatic rings. The topological polar surface area (TPSA) is 66.5 Å². The Bertz CT molecular complexity index is 787. The first-order valence-electron chi connectivity index (χ1n) is 8.66. The van der Waals surface area contributed by atoms with Gasteiger partial charge in [0.15, 0.2) is 0 Å². The number of hydrogen-bond acceptors (Lipinski definition) is 3. The van der Waals surface area contributed by atoms with Gasteiger partial charge in [0.2, 0.25) is 11.8 Å². The van der Waals surface area contributed by atoms with Crippen molar-refractivity contribution >= 4 is 28.9 Å². The van der Waals surface area contributed by atoms with Crippen LogP contribution in [0, 0.1) is 0 Å². The monoisotopic (exact) mass is 338 g/mol. The van der Waals surface area contributed by atoms with Gasteiger partial charge < -0.3 is 15.0 Å². The number of amides is 2. The smallest absolute Gasteiger partial charge is 0.223 e. The minimum absolute atomic E-state index is 0.115. The third kappa shape index (κ3) is 4.24. The van der Waals surface area contributed by atoms with E-state index in [2.05, 4.69) is 11.4 Å². The number of nitrogens with one attached hydrogen (secondary N) is 1. The first kappa shape index (κ1) is 17.1. The van der Waals surface area contributed by atoms with E-state index < -0.39 is 0 Å². The molecule has 1 N–H and O–H groups in total. The van der Waals surface area contributed by atoms with Gasteiger partial charge in [-0.15, -0.1) is 0 Å². The Morgan fingerprint density at radius 1 is 1.12 bits per heavy atom. The summed E-state index contributed by atoms with van der Waals surface area (Å²) in [4.78, 5) is 36.7. The van der Waals surface area contributed by atoms with E-state index >= 15 is 0 Å². The summed E-state index contributed by atoms with van der Waals surface area (Å²) in [5.41, 5.74) is 1.03. The maximum atomic E-state index is 12.1. The van der Waals surface area contributed by atoms with E-state index in [0.29, 0.717) is 13.1 Å². The largest absolute Gasteiger partial charge is 0.352 e. The highest BCUT2D eigenvalue weighted by molar-refractivity contribution is 5.86. The Hall–Kier alpha value is -2.69. The van der Waals surface area contributed by atoms with E-state index in [-0.39, 0.29) is 30.7 Å². The van der Waals surface area contributed by atoms with E-state index in [1.165, 1.54) is 5.39 Å². The van der Waals surface area contributed by atoms with Crippen LogP contribution in [0.1, 0.15) is 31.2 Å². The number of hydrogen-bond donors (Lipinski definition) is 1. The molecule has 0 aromatic heterocycles. The molecule has 0 spiro atoms. The summed E-state index contributed by atoms with van der Waals surface area (Å²) in [6.07, 6.45) is 2.69. The molecule has 1 saturated heterocycles. The zero-order chi connectivity index (χ0) is 17.6. The fourth-order valence-corrected chi connectivity index (χ4v) is 3.25. The van der Waals surface area contributed by atoms with Gasteiger partial charge in [-0.3, -0.25) is 9.59 Å². The summed E-state index contributed by atoms with van der Waals surface area (Å²) in [5.74, 6) is -0.265. The highest BCUT2D eigenvalue weighted by Gasteiger charge is 2.27. The fraction of sp³-hybridized carbons (Fsp3) is 0.350. The van der Waals surface area contributed by atoms with Gasteiger partial charge in [-0.05, 0) is 35.2 Å². The number of benzene rings is 2. The van der Waals surface area contributed by atoms with Crippen LogP contribution in [0.4, 0.5) is 0 Å². The lowest BCUT2D eigenvalue weighted by Gasteiger charge is -2.20. The maximum absolute atomic E-state index is 12.1. The Morgan fingerprint density at radius 2 is 1.92 bits per heavy atom.